The number of aliphatic hydroxyl groups is 1. The van der Waals surface area contributed by atoms with Gasteiger partial charge in [-0.2, -0.15) is 0 Å². The quantitative estimate of drug-likeness (QED) is 0.857. The van der Waals surface area contributed by atoms with Crippen molar-refractivity contribution in [2.45, 2.75) is 32.4 Å². The zero-order valence-electron chi connectivity index (χ0n) is 11.4. The average Bonchev–Trinajstić information content (AvgIpc) is 2.84. The van der Waals surface area contributed by atoms with Gasteiger partial charge in [0.05, 0.1) is 6.10 Å². The maximum Gasteiger partial charge on any atom is 0.104 e. The lowest BCUT2D eigenvalue weighted by Crippen LogP contribution is -2.39. The minimum absolute atomic E-state index is 0.0780. The van der Waals surface area contributed by atoms with E-state index in [0.717, 1.165) is 31.8 Å². The smallest absolute Gasteiger partial charge is 0.104 e. The van der Waals surface area contributed by atoms with Gasteiger partial charge in [-0.05, 0) is 37.8 Å². The number of rotatable bonds is 4. The van der Waals surface area contributed by atoms with Gasteiger partial charge in [0.1, 0.15) is 6.61 Å². The molecule has 1 fully saturated rings. The lowest BCUT2D eigenvalue weighted by Gasteiger charge is -2.32. The van der Waals surface area contributed by atoms with E-state index in [1.807, 2.05) is 6.07 Å². The van der Waals surface area contributed by atoms with E-state index in [9.17, 15) is 0 Å². The Morgan fingerprint density at radius 1 is 1.58 bits per heavy atom. The maximum absolute atomic E-state index is 8.77. The van der Waals surface area contributed by atoms with Crippen LogP contribution in [0.3, 0.4) is 0 Å². The number of hydrogen-bond donors (Lipinski definition) is 1. The van der Waals surface area contributed by atoms with Crippen LogP contribution in [0.1, 0.15) is 30.2 Å². The summed E-state index contributed by atoms with van der Waals surface area (Å²) in [5, 5.41) is 10.8. The van der Waals surface area contributed by atoms with Gasteiger partial charge in [-0.3, -0.25) is 4.90 Å². The highest BCUT2D eigenvalue weighted by Crippen LogP contribution is 2.21. The number of ether oxygens (including phenoxy) is 1. The molecule has 0 radical (unpaired) electrons. The summed E-state index contributed by atoms with van der Waals surface area (Å²) in [6.07, 6.45) is 2.75. The molecule has 0 aromatic carbocycles. The van der Waals surface area contributed by atoms with E-state index in [0.29, 0.717) is 6.10 Å². The highest BCUT2D eigenvalue weighted by Gasteiger charge is 2.20. The first-order valence-corrected chi connectivity index (χ1v) is 7.71. The Labute approximate surface area is 119 Å². The first-order valence-electron chi connectivity index (χ1n) is 6.83. The number of thiophene rings is 1. The van der Waals surface area contributed by atoms with Gasteiger partial charge in [0.15, 0.2) is 0 Å². The first-order chi connectivity index (χ1) is 9.33. The summed E-state index contributed by atoms with van der Waals surface area (Å²) in [7, 11) is 0. The summed E-state index contributed by atoms with van der Waals surface area (Å²) in [6, 6.07) is 2.03. The topological polar surface area (TPSA) is 32.7 Å². The predicted molar refractivity (Wildman–Crippen MR) is 78.2 cm³/mol. The Morgan fingerprint density at radius 3 is 3.26 bits per heavy atom. The van der Waals surface area contributed by atoms with E-state index in [2.05, 4.69) is 29.0 Å². The molecule has 104 valence electrons. The summed E-state index contributed by atoms with van der Waals surface area (Å²) in [6.45, 7) is 5.86. The van der Waals surface area contributed by atoms with Crippen molar-refractivity contribution in [2.75, 3.05) is 26.3 Å². The monoisotopic (exact) mass is 279 g/mol. The van der Waals surface area contributed by atoms with Crippen molar-refractivity contribution < 1.29 is 9.84 Å². The van der Waals surface area contributed by atoms with E-state index < -0.39 is 0 Å². The molecule has 1 atom stereocenters. The summed E-state index contributed by atoms with van der Waals surface area (Å²) in [5.74, 6) is 5.75. The van der Waals surface area contributed by atoms with Crippen LogP contribution in [0.15, 0.2) is 11.4 Å². The van der Waals surface area contributed by atoms with E-state index in [-0.39, 0.29) is 6.61 Å². The molecule has 2 heterocycles. The first kappa shape index (κ1) is 14.5. The number of likely N-dealkylation sites (tertiary alicyclic amines) is 1. The molecule has 1 N–H and O–H groups in total. The van der Waals surface area contributed by atoms with Crippen LogP contribution < -0.4 is 0 Å². The van der Waals surface area contributed by atoms with Crippen molar-refractivity contribution in [3.05, 3.63) is 21.9 Å². The number of hydrogen-bond acceptors (Lipinski definition) is 4. The van der Waals surface area contributed by atoms with Gasteiger partial charge in [0.2, 0.25) is 0 Å². The fourth-order valence-corrected chi connectivity index (χ4v) is 3.31. The third kappa shape index (κ3) is 4.32. The van der Waals surface area contributed by atoms with Crippen molar-refractivity contribution >= 4 is 11.3 Å². The minimum atomic E-state index is -0.0780. The van der Waals surface area contributed by atoms with Crippen LogP contribution in [0.25, 0.3) is 0 Å². The van der Waals surface area contributed by atoms with Crippen molar-refractivity contribution in [3.63, 3.8) is 0 Å². The van der Waals surface area contributed by atoms with Crippen LogP contribution in [0.5, 0.6) is 0 Å². The van der Waals surface area contributed by atoms with Crippen LogP contribution >= 0.6 is 11.3 Å². The molecule has 1 aliphatic heterocycles. The average molecular weight is 279 g/mol. The van der Waals surface area contributed by atoms with E-state index in [1.54, 1.807) is 11.3 Å². The standard InChI is InChI=1S/C15H21NO2S/c1-2-18-14-6-3-8-16(11-14)12-15-13(5-4-9-17)7-10-19-15/h7,10,14,17H,2-3,6,8-9,11-12H2,1H3. The molecular formula is C15H21NO2S. The molecule has 1 aromatic rings. The van der Waals surface area contributed by atoms with Gasteiger partial charge >= 0.3 is 0 Å². The van der Waals surface area contributed by atoms with Gasteiger partial charge < -0.3 is 9.84 Å². The molecule has 4 heteroatoms. The fraction of sp³-hybridized carbons (Fsp3) is 0.600. The van der Waals surface area contributed by atoms with Gasteiger partial charge in [0, 0.05) is 30.1 Å². The molecule has 3 nitrogen and oxygen atoms in total. The van der Waals surface area contributed by atoms with Gasteiger partial charge in [-0.15, -0.1) is 11.3 Å². The van der Waals surface area contributed by atoms with Crippen LogP contribution in [0.2, 0.25) is 0 Å². The van der Waals surface area contributed by atoms with Crippen molar-refractivity contribution in [3.8, 4) is 11.8 Å². The van der Waals surface area contributed by atoms with E-state index >= 15 is 0 Å². The van der Waals surface area contributed by atoms with Gasteiger partial charge in [-0.25, -0.2) is 0 Å². The molecule has 2 rings (SSSR count). The predicted octanol–water partition coefficient (Wildman–Crippen LogP) is 2.09. The molecule has 0 bridgehead atoms. The molecule has 1 aliphatic rings. The van der Waals surface area contributed by atoms with Crippen LogP contribution in [0, 0.1) is 11.8 Å². The Bertz CT molecular complexity index is 444. The maximum atomic E-state index is 8.77. The SMILES string of the molecule is CCOC1CCCN(Cc2sccc2C#CCO)C1. The Morgan fingerprint density at radius 2 is 2.47 bits per heavy atom. The largest absolute Gasteiger partial charge is 0.384 e. The number of aliphatic hydroxyl groups excluding tert-OH is 1. The molecule has 1 saturated heterocycles. The van der Waals surface area contributed by atoms with Crippen molar-refractivity contribution in [1.82, 2.24) is 4.90 Å². The van der Waals surface area contributed by atoms with Crippen LogP contribution in [-0.4, -0.2) is 42.4 Å². The zero-order chi connectivity index (χ0) is 13.5. The minimum Gasteiger partial charge on any atom is -0.384 e. The molecule has 1 aromatic heterocycles. The molecule has 0 spiro atoms. The molecule has 0 saturated carbocycles. The molecule has 1 unspecified atom stereocenters. The summed E-state index contributed by atoms with van der Waals surface area (Å²) >= 11 is 1.74. The lowest BCUT2D eigenvalue weighted by atomic mass is 10.1. The van der Waals surface area contributed by atoms with Gasteiger partial charge in [0.25, 0.3) is 0 Å². The van der Waals surface area contributed by atoms with Crippen LogP contribution in [-0.2, 0) is 11.3 Å². The second kappa shape index (κ2) is 7.66. The summed E-state index contributed by atoms with van der Waals surface area (Å²) in [4.78, 5) is 3.73. The van der Waals surface area contributed by atoms with E-state index in [1.165, 1.54) is 17.7 Å². The molecule has 0 amide bonds. The van der Waals surface area contributed by atoms with Crippen molar-refractivity contribution in [1.29, 1.82) is 0 Å². The second-order valence-corrected chi connectivity index (χ2v) is 5.67. The third-order valence-corrected chi connectivity index (χ3v) is 4.19. The molecule has 0 aliphatic carbocycles. The Hall–Kier alpha value is -0.860. The number of nitrogens with zero attached hydrogens (tertiary/aromatic N) is 1. The second-order valence-electron chi connectivity index (χ2n) is 4.67. The zero-order valence-corrected chi connectivity index (χ0v) is 12.2. The fourth-order valence-electron chi connectivity index (χ4n) is 2.44. The lowest BCUT2D eigenvalue weighted by molar-refractivity contribution is 0.00388. The number of piperidine rings is 1. The normalized spacial score (nSPS) is 20.0. The Balaban J connectivity index is 1.95. The molecular weight excluding hydrogens is 258 g/mol. The Kier molecular flexibility index (Phi) is 5.87. The van der Waals surface area contributed by atoms with Gasteiger partial charge in [-0.1, -0.05) is 11.8 Å². The highest BCUT2D eigenvalue weighted by atomic mass is 32.1. The molecule has 19 heavy (non-hydrogen) atoms. The third-order valence-electron chi connectivity index (χ3n) is 3.28. The summed E-state index contributed by atoms with van der Waals surface area (Å²) in [5.41, 5.74) is 1.05. The van der Waals surface area contributed by atoms with Crippen LogP contribution in [0.4, 0.5) is 0 Å². The van der Waals surface area contributed by atoms with E-state index in [4.69, 9.17) is 9.84 Å². The summed E-state index contributed by atoms with van der Waals surface area (Å²) < 4.78 is 5.73. The van der Waals surface area contributed by atoms with Crippen molar-refractivity contribution in [2.24, 2.45) is 0 Å². The highest BCUT2D eigenvalue weighted by molar-refractivity contribution is 7.10.